The van der Waals surface area contributed by atoms with Gasteiger partial charge in [0.25, 0.3) is 0 Å². The largest absolute Gasteiger partial charge is 0.493 e. The summed E-state index contributed by atoms with van der Waals surface area (Å²) in [6.07, 6.45) is 1.93. The first-order valence-corrected chi connectivity index (χ1v) is 6.81. The second-order valence-electron chi connectivity index (χ2n) is 5.43. The van der Waals surface area contributed by atoms with Gasteiger partial charge in [-0.3, -0.25) is 4.98 Å². The van der Waals surface area contributed by atoms with Crippen LogP contribution in [0, 0.1) is 13.8 Å². The second-order valence-corrected chi connectivity index (χ2v) is 5.43. The summed E-state index contributed by atoms with van der Waals surface area (Å²) in [6.45, 7) is 7.21. The molecular weight excluding hydrogens is 234 g/mol. The van der Waals surface area contributed by atoms with Crippen molar-refractivity contribution in [2.24, 2.45) is 0 Å². The molecule has 2 nitrogen and oxygen atoms in total. The first-order chi connectivity index (χ1) is 9.16. The number of fused-ring (bicyclic) bond motifs is 1. The molecule has 1 aliphatic heterocycles. The molecule has 1 aromatic carbocycles. The van der Waals surface area contributed by atoms with Crippen molar-refractivity contribution < 1.29 is 4.74 Å². The topological polar surface area (TPSA) is 22.1 Å². The number of nitrogens with zero attached hydrogens (tertiary/aromatic N) is 1. The fourth-order valence-corrected chi connectivity index (χ4v) is 2.92. The highest BCUT2D eigenvalue weighted by molar-refractivity contribution is 5.42. The molecule has 98 valence electrons. The molecule has 2 atom stereocenters. The maximum absolute atomic E-state index is 5.93. The van der Waals surface area contributed by atoms with E-state index in [1.807, 2.05) is 12.3 Å². The van der Waals surface area contributed by atoms with Gasteiger partial charge in [-0.05, 0) is 42.5 Å². The molecule has 19 heavy (non-hydrogen) atoms. The average molecular weight is 253 g/mol. The van der Waals surface area contributed by atoms with Gasteiger partial charge in [0, 0.05) is 17.8 Å². The van der Waals surface area contributed by atoms with Crippen molar-refractivity contribution in [3.63, 3.8) is 0 Å². The van der Waals surface area contributed by atoms with Crippen LogP contribution in [0.25, 0.3) is 0 Å². The maximum atomic E-state index is 5.93. The molecule has 0 saturated carbocycles. The number of aromatic nitrogens is 1. The van der Waals surface area contributed by atoms with Crippen LogP contribution in [-0.2, 0) is 0 Å². The fourth-order valence-electron chi connectivity index (χ4n) is 2.92. The monoisotopic (exact) mass is 253 g/mol. The van der Waals surface area contributed by atoms with E-state index >= 15 is 0 Å². The van der Waals surface area contributed by atoms with Crippen LogP contribution in [0.15, 0.2) is 36.5 Å². The normalized spacial score (nSPS) is 21.6. The Kier molecular flexibility index (Phi) is 3.02. The number of benzene rings is 1. The number of hydrogen-bond donors (Lipinski definition) is 0. The SMILES string of the molecule is Cc1cnc(C)c(C2COc3ccccc3C2C)c1. The molecule has 0 saturated heterocycles. The Balaban J connectivity index is 2.02. The molecule has 2 unspecified atom stereocenters. The first kappa shape index (κ1) is 12.2. The fraction of sp³-hybridized carbons (Fsp3) is 0.353. The molecule has 3 rings (SSSR count). The van der Waals surface area contributed by atoms with Crippen LogP contribution in [0.2, 0.25) is 0 Å². The third-order valence-electron chi connectivity index (χ3n) is 4.09. The molecular formula is C17H19NO. The van der Waals surface area contributed by atoms with Crippen molar-refractivity contribution >= 4 is 0 Å². The van der Waals surface area contributed by atoms with E-state index in [9.17, 15) is 0 Å². The minimum Gasteiger partial charge on any atom is -0.493 e. The van der Waals surface area contributed by atoms with E-state index in [1.165, 1.54) is 16.7 Å². The van der Waals surface area contributed by atoms with Crippen molar-refractivity contribution in [2.45, 2.75) is 32.6 Å². The Labute approximate surface area is 114 Å². The summed E-state index contributed by atoms with van der Waals surface area (Å²) in [4.78, 5) is 4.49. The zero-order valence-electron chi connectivity index (χ0n) is 11.7. The number of para-hydroxylation sites is 1. The lowest BCUT2D eigenvalue weighted by Crippen LogP contribution is -2.23. The first-order valence-electron chi connectivity index (χ1n) is 6.81. The van der Waals surface area contributed by atoms with Crippen LogP contribution in [0.5, 0.6) is 5.75 Å². The van der Waals surface area contributed by atoms with Crippen LogP contribution >= 0.6 is 0 Å². The minimum atomic E-state index is 0.391. The Morgan fingerprint density at radius 1 is 1.16 bits per heavy atom. The van der Waals surface area contributed by atoms with E-state index in [1.54, 1.807) is 0 Å². The highest BCUT2D eigenvalue weighted by Crippen LogP contribution is 2.42. The van der Waals surface area contributed by atoms with Gasteiger partial charge in [0.05, 0.1) is 6.61 Å². The Hall–Kier alpha value is -1.83. The van der Waals surface area contributed by atoms with Crippen molar-refractivity contribution in [3.05, 3.63) is 58.9 Å². The summed E-state index contributed by atoms with van der Waals surface area (Å²) >= 11 is 0. The third kappa shape index (κ3) is 2.12. The van der Waals surface area contributed by atoms with Gasteiger partial charge in [-0.15, -0.1) is 0 Å². The van der Waals surface area contributed by atoms with Crippen LogP contribution in [0.3, 0.4) is 0 Å². The summed E-state index contributed by atoms with van der Waals surface area (Å²) in [5.41, 5.74) is 4.96. The molecule has 2 heteroatoms. The van der Waals surface area contributed by atoms with Crippen molar-refractivity contribution in [2.75, 3.05) is 6.61 Å². The smallest absolute Gasteiger partial charge is 0.122 e. The Morgan fingerprint density at radius 2 is 1.95 bits per heavy atom. The number of hydrogen-bond acceptors (Lipinski definition) is 2. The van der Waals surface area contributed by atoms with E-state index in [0.29, 0.717) is 11.8 Å². The molecule has 0 bridgehead atoms. The van der Waals surface area contributed by atoms with Gasteiger partial charge in [0.2, 0.25) is 0 Å². The predicted molar refractivity (Wildman–Crippen MR) is 76.8 cm³/mol. The highest BCUT2D eigenvalue weighted by Gasteiger charge is 2.29. The molecule has 2 aromatic rings. The molecule has 0 amide bonds. The van der Waals surface area contributed by atoms with Gasteiger partial charge in [-0.1, -0.05) is 31.2 Å². The van der Waals surface area contributed by atoms with Crippen LogP contribution in [-0.4, -0.2) is 11.6 Å². The predicted octanol–water partition coefficient (Wildman–Crippen LogP) is 3.98. The molecule has 2 heterocycles. The van der Waals surface area contributed by atoms with E-state index in [2.05, 4.69) is 50.0 Å². The number of rotatable bonds is 1. The van der Waals surface area contributed by atoms with E-state index in [4.69, 9.17) is 4.74 Å². The van der Waals surface area contributed by atoms with Gasteiger partial charge in [-0.2, -0.15) is 0 Å². The van der Waals surface area contributed by atoms with E-state index in [0.717, 1.165) is 18.1 Å². The van der Waals surface area contributed by atoms with Crippen molar-refractivity contribution in [1.29, 1.82) is 0 Å². The summed E-state index contributed by atoms with van der Waals surface area (Å²) in [5, 5.41) is 0. The van der Waals surface area contributed by atoms with E-state index in [-0.39, 0.29) is 0 Å². The van der Waals surface area contributed by atoms with Crippen molar-refractivity contribution in [3.8, 4) is 5.75 Å². The van der Waals surface area contributed by atoms with E-state index < -0.39 is 0 Å². The maximum Gasteiger partial charge on any atom is 0.122 e. The van der Waals surface area contributed by atoms with Gasteiger partial charge in [0.1, 0.15) is 5.75 Å². The zero-order chi connectivity index (χ0) is 13.4. The van der Waals surface area contributed by atoms with Gasteiger partial charge < -0.3 is 4.74 Å². The average Bonchev–Trinajstić information content (AvgIpc) is 2.43. The molecule has 0 aliphatic carbocycles. The summed E-state index contributed by atoms with van der Waals surface area (Å²) in [7, 11) is 0. The molecule has 1 aromatic heterocycles. The summed E-state index contributed by atoms with van der Waals surface area (Å²) in [5.74, 6) is 1.89. The zero-order valence-corrected chi connectivity index (χ0v) is 11.7. The number of ether oxygens (including phenoxy) is 1. The number of aryl methyl sites for hydroxylation is 2. The van der Waals surface area contributed by atoms with Crippen LogP contribution < -0.4 is 4.74 Å². The van der Waals surface area contributed by atoms with Crippen molar-refractivity contribution in [1.82, 2.24) is 4.98 Å². The third-order valence-corrected chi connectivity index (χ3v) is 4.09. The lowest BCUT2D eigenvalue weighted by Gasteiger charge is -2.32. The Bertz CT molecular complexity index is 606. The lowest BCUT2D eigenvalue weighted by molar-refractivity contribution is 0.242. The summed E-state index contributed by atoms with van der Waals surface area (Å²) in [6, 6.07) is 10.6. The second kappa shape index (κ2) is 4.69. The molecule has 1 aliphatic rings. The standard InChI is InChI=1S/C17H19NO/c1-11-8-15(13(3)18-9-11)16-10-19-17-7-5-4-6-14(17)12(16)2/h4-9,12,16H,10H2,1-3H3. The summed E-state index contributed by atoms with van der Waals surface area (Å²) < 4.78 is 5.93. The molecule has 0 fully saturated rings. The minimum absolute atomic E-state index is 0.391. The lowest BCUT2D eigenvalue weighted by atomic mass is 9.80. The quantitative estimate of drug-likeness (QED) is 0.767. The van der Waals surface area contributed by atoms with Crippen LogP contribution in [0.1, 0.15) is 41.1 Å². The van der Waals surface area contributed by atoms with Gasteiger partial charge >= 0.3 is 0 Å². The molecule has 0 radical (unpaired) electrons. The van der Waals surface area contributed by atoms with Crippen LogP contribution in [0.4, 0.5) is 0 Å². The van der Waals surface area contributed by atoms with Gasteiger partial charge in [-0.25, -0.2) is 0 Å². The van der Waals surface area contributed by atoms with Gasteiger partial charge in [0.15, 0.2) is 0 Å². The number of pyridine rings is 1. The molecule has 0 N–H and O–H groups in total. The highest BCUT2D eigenvalue weighted by atomic mass is 16.5. The molecule has 0 spiro atoms. The Morgan fingerprint density at radius 3 is 2.79 bits per heavy atom.